The van der Waals surface area contributed by atoms with Gasteiger partial charge in [0.2, 0.25) is 5.91 Å². The highest BCUT2D eigenvalue weighted by Crippen LogP contribution is 2.58. The van der Waals surface area contributed by atoms with Crippen LogP contribution in [0.4, 0.5) is 17.6 Å². The number of nitrogens with one attached hydrogen (secondary N) is 1. The van der Waals surface area contributed by atoms with Crippen LogP contribution < -0.4 is 5.32 Å². The van der Waals surface area contributed by atoms with E-state index in [1.54, 1.807) is 29.1 Å². The van der Waals surface area contributed by atoms with Gasteiger partial charge in [-0.2, -0.15) is 18.3 Å². The molecule has 0 spiro atoms. The van der Waals surface area contributed by atoms with E-state index in [1.807, 2.05) is 6.92 Å². The molecular formula is C28H31F4N3O. The number of allylic oxidation sites excluding steroid dienone is 3. The summed E-state index contributed by atoms with van der Waals surface area (Å²) in [6.07, 6.45) is 4.39. The minimum Gasteiger partial charge on any atom is -0.356 e. The zero-order chi connectivity index (χ0) is 25.7. The van der Waals surface area contributed by atoms with Gasteiger partial charge in [0, 0.05) is 12.0 Å². The first-order valence-corrected chi connectivity index (χ1v) is 12.7. The summed E-state index contributed by atoms with van der Waals surface area (Å²) in [4.78, 5) is 13.1. The first kappa shape index (κ1) is 24.8. The first-order chi connectivity index (χ1) is 17.1. The zero-order valence-electron chi connectivity index (χ0n) is 20.5. The van der Waals surface area contributed by atoms with Crippen molar-refractivity contribution in [1.29, 1.82) is 0 Å². The van der Waals surface area contributed by atoms with Gasteiger partial charge in [0.05, 0.1) is 29.4 Å². The normalized spacial score (nSPS) is 27.3. The van der Waals surface area contributed by atoms with Crippen molar-refractivity contribution in [2.45, 2.75) is 58.5 Å². The SMILES string of the molecule is CCCCNC(=O)[C@H]1[C@H](C(F)(F)F)CC=C2[C@@H]1CCC1=Cc3c(cnn3-c3ccc(F)cc3)C[C@@]12C. The van der Waals surface area contributed by atoms with Crippen LogP contribution in [0.1, 0.15) is 57.2 Å². The van der Waals surface area contributed by atoms with Gasteiger partial charge < -0.3 is 5.32 Å². The van der Waals surface area contributed by atoms with Crippen molar-refractivity contribution in [2.75, 3.05) is 6.54 Å². The molecule has 0 unspecified atom stereocenters. The number of nitrogens with zero attached hydrogens (tertiary/aromatic N) is 2. The molecule has 0 saturated heterocycles. The van der Waals surface area contributed by atoms with E-state index in [9.17, 15) is 22.4 Å². The average molecular weight is 502 g/mol. The number of hydrogen-bond acceptors (Lipinski definition) is 2. The Kier molecular flexibility index (Phi) is 6.33. The molecule has 1 saturated carbocycles. The first-order valence-electron chi connectivity index (χ1n) is 12.7. The van der Waals surface area contributed by atoms with Gasteiger partial charge in [0.15, 0.2) is 0 Å². The van der Waals surface area contributed by atoms with Gasteiger partial charge in [0.25, 0.3) is 0 Å². The highest BCUT2D eigenvalue weighted by molar-refractivity contribution is 5.80. The monoisotopic (exact) mass is 501 g/mol. The lowest BCUT2D eigenvalue weighted by Gasteiger charge is -2.50. The predicted molar refractivity (Wildman–Crippen MR) is 130 cm³/mol. The Hall–Kier alpha value is -2.90. The molecule has 0 bridgehead atoms. The Morgan fingerprint density at radius 2 is 2.00 bits per heavy atom. The van der Waals surface area contributed by atoms with Gasteiger partial charge >= 0.3 is 6.18 Å². The molecule has 192 valence electrons. The molecule has 8 heteroatoms. The molecule has 4 nitrogen and oxygen atoms in total. The molecule has 0 aliphatic heterocycles. The molecule has 4 atom stereocenters. The molecule has 1 aromatic heterocycles. The zero-order valence-corrected chi connectivity index (χ0v) is 20.5. The second-order valence-corrected chi connectivity index (χ2v) is 10.5. The van der Waals surface area contributed by atoms with Gasteiger partial charge in [-0.05, 0) is 73.9 Å². The lowest BCUT2D eigenvalue weighted by atomic mass is 9.54. The van der Waals surface area contributed by atoms with E-state index in [4.69, 9.17) is 0 Å². The predicted octanol–water partition coefficient (Wildman–Crippen LogP) is 6.41. The molecule has 1 aromatic carbocycles. The fourth-order valence-electron chi connectivity index (χ4n) is 6.44. The maximum Gasteiger partial charge on any atom is 0.392 e. The summed E-state index contributed by atoms with van der Waals surface area (Å²) >= 11 is 0. The number of fused-ring (bicyclic) bond motifs is 4. The molecule has 5 rings (SSSR count). The van der Waals surface area contributed by atoms with E-state index in [0.717, 1.165) is 40.9 Å². The summed E-state index contributed by atoms with van der Waals surface area (Å²) in [7, 11) is 0. The fraction of sp³-hybridized carbons (Fsp3) is 0.500. The number of aromatic nitrogens is 2. The Morgan fingerprint density at radius 3 is 2.69 bits per heavy atom. The van der Waals surface area contributed by atoms with Crippen molar-refractivity contribution in [3.8, 4) is 5.69 Å². The molecule has 1 N–H and O–H groups in total. The molecule has 1 amide bonds. The van der Waals surface area contributed by atoms with Crippen LogP contribution in [0.3, 0.4) is 0 Å². The van der Waals surface area contributed by atoms with Crippen molar-refractivity contribution in [3.63, 3.8) is 0 Å². The number of amides is 1. The lowest BCUT2D eigenvalue weighted by Crippen LogP contribution is -2.50. The topological polar surface area (TPSA) is 46.9 Å². The number of benzene rings is 1. The van der Waals surface area contributed by atoms with E-state index in [2.05, 4.69) is 23.4 Å². The van der Waals surface area contributed by atoms with Gasteiger partial charge in [0.1, 0.15) is 5.82 Å². The number of halogens is 4. The number of carbonyl (C=O) groups is 1. The van der Waals surface area contributed by atoms with E-state index in [-0.39, 0.29) is 12.2 Å². The lowest BCUT2D eigenvalue weighted by molar-refractivity contribution is -0.197. The van der Waals surface area contributed by atoms with Crippen molar-refractivity contribution in [1.82, 2.24) is 15.1 Å². The van der Waals surface area contributed by atoms with Crippen LogP contribution >= 0.6 is 0 Å². The summed E-state index contributed by atoms with van der Waals surface area (Å²) in [5, 5.41) is 7.33. The second kappa shape index (κ2) is 9.20. The third-order valence-electron chi connectivity index (χ3n) is 8.29. The third kappa shape index (κ3) is 4.18. The van der Waals surface area contributed by atoms with Crippen LogP contribution in [0.15, 0.2) is 47.7 Å². The Bertz CT molecular complexity index is 1210. The molecule has 0 radical (unpaired) electrons. The van der Waals surface area contributed by atoms with Crippen molar-refractivity contribution in [3.05, 3.63) is 64.8 Å². The highest BCUT2D eigenvalue weighted by atomic mass is 19.4. The number of rotatable bonds is 5. The van der Waals surface area contributed by atoms with E-state index in [0.29, 0.717) is 25.8 Å². The molecule has 3 aliphatic rings. The van der Waals surface area contributed by atoms with Crippen molar-refractivity contribution in [2.24, 2.45) is 23.2 Å². The number of hydrogen-bond donors (Lipinski definition) is 1. The average Bonchev–Trinajstić information content (AvgIpc) is 3.23. The molecule has 1 heterocycles. The largest absolute Gasteiger partial charge is 0.392 e. The summed E-state index contributed by atoms with van der Waals surface area (Å²) in [5.41, 5.74) is 4.32. The quantitative estimate of drug-likeness (QED) is 0.292. The van der Waals surface area contributed by atoms with Crippen LogP contribution in [0.5, 0.6) is 0 Å². The summed E-state index contributed by atoms with van der Waals surface area (Å²) in [6.45, 7) is 4.48. The van der Waals surface area contributed by atoms with Gasteiger partial charge in [-0.25, -0.2) is 9.07 Å². The highest BCUT2D eigenvalue weighted by Gasteiger charge is 2.56. The van der Waals surface area contributed by atoms with Crippen molar-refractivity contribution < 1.29 is 22.4 Å². The minimum absolute atomic E-state index is 0.175. The Balaban J connectivity index is 1.49. The molecule has 3 aliphatic carbocycles. The number of carbonyl (C=O) groups excluding carboxylic acids is 1. The molecule has 2 aromatic rings. The van der Waals surface area contributed by atoms with Gasteiger partial charge in [-0.15, -0.1) is 0 Å². The number of unbranched alkanes of at least 4 members (excludes halogenated alkanes) is 1. The smallest absolute Gasteiger partial charge is 0.356 e. The van der Waals surface area contributed by atoms with Gasteiger partial charge in [-0.1, -0.05) is 37.5 Å². The van der Waals surface area contributed by atoms with Crippen LogP contribution in [-0.2, 0) is 11.2 Å². The van der Waals surface area contributed by atoms with Crippen LogP contribution in [0.2, 0.25) is 0 Å². The van der Waals surface area contributed by atoms with Crippen LogP contribution in [0, 0.1) is 29.0 Å². The van der Waals surface area contributed by atoms with Crippen molar-refractivity contribution >= 4 is 12.0 Å². The Morgan fingerprint density at radius 1 is 1.25 bits per heavy atom. The fourth-order valence-corrected chi connectivity index (χ4v) is 6.44. The minimum atomic E-state index is -4.43. The maximum atomic E-state index is 14.1. The van der Waals surface area contributed by atoms with Crippen LogP contribution in [0.25, 0.3) is 11.8 Å². The molecule has 1 fully saturated rings. The summed E-state index contributed by atoms with van der Waals surface area (Å²) < 4.78 is 57.4. The van der Waals surface area contributed by atoms with E-state index >= 15 is 0 Å². The molecular weight excluding hydrogens is 470 g/mol. The molecule has 36 heavy (non-hydrogen) atoms. The second-order valence-electron chi connectivity index (χ2n) is 10.5. The standard InChI is InChI=1S/C28H31F4N3O/c1-3-4-13-33-26(36)25-21-10-5-18-14-24-17(16-34-35(24)20-8-6-19(29)7-9-20)15-27(18,2)22(21)11-12-23(25)28(30,31)32/h6-9,11,14,16,21,23,25H,3-5,10,12-13,15H2,1-2H3,(H,33,36)/t21-,23+,25+,27-/m0/s1. The summed E-state index contributed by atoms with van der Waals surface area (Å²) in [5.74, 6) is -4.01. The number of alkyl halides is 3. The third-order valence-corrected chi connectivity index (χ3v) is 8.29. The summed E-state index contributed by atoms with van der Waals surface area (Å²) in [6, 6.07) is 6.14. The van der Waals surface area contributed by atoms with Gasteiger partial charge in [-0.3, -0.25) is 4.79 Å². The van der Waals surface area contributed by atoms with E-state index in [1.165, 1.54) is 12.1 Å². The van der Waals surface area contributed by atoms with E-state index < -0.39 is 35.3 Å². The maximum absolute atomic E-state index is 14.1. The Labute approximate surface area is 208 Å². The van der Waals surface area contributed by atoms with Crippen LogP contribution in [-0.4, -0.2) is 28.4 Å².